The molecule has 1 unspecified atom stereocenters. The van der Waals surface area contributed by atoms with Crippen LogP contribution in [0.3, 0.4) is 0 Å². The molecule has 1 aliphatic heterocycles. The van der Waals surface area contributed by atoms with Gasteiger partial charge in [-0.25, -0.2) is 0 Å². The maximum Gasteiger partial charge on any atom is 0.267 e. The predicted octanol–water partition coefficient (Wildman–Crippen LogP) is 3.12. The Morgan fingerprint density at radius 2 is 2.08 bits per heavy atom. The minimum Gasteiger partial charge on any atom is -0.376 e. The van der Waals surface area contributed by atoms with Crippen molar-refractivity contribution in [2.75, 3.05) is 13.2 Å². The Kier molecular flexibility index (Phi) is 6.20. The van der Waals surface area contributed by atoms with Crippen molar-refractivity contribution < 1.29 is 14.3 Å². The van der Waals surface area contributed by atoms with Crippen LogP contribution in [0.4, 0.5) is 0 Å². The van der Waals surface area contributed by atoms with Gasteiger partial charge < -0.3 is 15.4 Å². The molecule has 0 spiro atoms. The first kappa shape index (κ1) is 18.4. The SMILES string of the molecule is Cc1ccc(C(=O)NC(=Cc2cccs2)C(=O)NCC2CCCO2)cc1. The zero-order valence-corrected chi connectivity index (χ0v) is 15.5. The monoisotopic (exact) mass is 370 g/mol. The topological polar surface area (TPSA) is 67.4 Å². The van der Waals surface area contributed by atoms with Crippen molar-refractivity contribution in [1.29, 1.82) is 0 Å². The second-order valence-corrected chi connectivity index (χ2v) is 7.22. The number of hydrogen-bond donors (Lipinski definition) is 2. The molecule has 2 N–H and O–H groups in total. The summed E-state index contributed by atoms with van der Waals surface area (Å²) >= 11 is 1.50. The molecule has 0 saturated carbocycles. The summed E-state index contributed by atoms with van der Waals surface area (Å²) in [4.78, 5) is 26.0. The zero-order chi connectivity index (χ0) is 18.4. The van der Waals surface area contributed by atoms with Crippen LogP contribution in [-0.4, -0.2) is 31.1 Å². The Morgan fingerprint density at radius 1 is 1.27 bits per heavy atom. The molecule has 26 heavy (non-hydrogen) atoms. The highest BCUT2D eigenvalue weighted by Crippen LogP contribution is 2.14. The molecule has 2 heterocycles. The van der Waals surface area contributed by atoms with Gasteiger partial charge >= 0.3 is 0 Å². The second-order valence-electron chi connectivity index (χ2n) is 6.24. The summed E-state index contributed by atoms with van der Waals surface area (Å²) in [6.45, 7) is 3.14. The first-order valence-electron chi connectivity index (χ1n) is 8.65. The number of carbonyl (C=O) groups excluding carboxylic acids is 2. The van der Waals surface area contributed by atoms with Crippen LogP contribution in [0.2, 0.25) is 0 Å². The maximum atomic E-state index is 12.6. The van der Waals surface area contributed by atoms with Gasteiger partial charge in [-0.05, 0) is 49.4 Å². The van der Waals surface area contributed by atoms with Crippen LogP contribution in [0.25, 0.3) is 6.08 Å². The lowest BCUT2D eigenvalue weighted by molar-refractivity contribution is -0.118. The fourth-order valence-electron chi connectivity index (χ4n) is 2.68. The van der Waals surface area contributed by atoms with Crippen LogP contribution in [0.1, 0.15) is 33.6 Å². The standard InChI is InChI=1S/C20H22N2O3S/c1-14-6-8-15(9-7-14)19(23)22-18(12-17-5-3-11-26-17)20(24)21-13-16-4-2-10-25-16/h3,5-9,11-12,16H,2,4,10,13H2,1H3,(H,21,24)(H,22,23). The van der Waals surface area contributed by atoms with Crippen molar-refractivity contribution in [3.8, 4) is 0 Å². The fourth-order valence-corrected chi connectivity index (χ4v) is 3.34. The van der Waals surface area contributed by atoms with Crippen LogP contribution in [0.5, 0.6) is 0 Å². The van der Waals surface area contributed by atoms with E-state index in [2.05, 4.69) is 10.6 Å². The molecule has 0 bridgehead atoms. The molecule has 0 aliphatic carbocycles. The minimum absolute atomic E-state index is 0.0507. The summed E-state index contributed by atoms with van der Waals surface area (Å²) in [7, 11) is 0. The van der Waals surface area contributed by atoms with E-state index in [9.17, 15) is 9.59 Å². The molecule has 1 saturated heterocycles. The van der Waals surface area contributed by atoms with Gasteiger partial charge in [0.05, 0.1) is 6.10 Å². The van der Waals surface area contributed by atoms with Crippen molar-refractivity contribution in [3.05, 3.63) is 63.5 Å². The Bertz CT molecular complexity index is 776. The molecule has 0 radical (unpaired) electrons. The number of rotatable bonds is 6. The second kappa shape index (κ2) is 8.78. The molecular weight excluding hydrogens is 348 g/mol. The third-order valence-corrected chi connectivity index (χ3v) is 4.97. The van der Waals surface area contributed by atoms with Crippen LogP contribution in [-0.2, 0) is 9.53 Å². The van der Waals surface area contributed by atoms with Gasteiger partial charge in [0, 0.05) is 23.6 Å². The summed E-state index contributed by atoms with van der Waals surface area (Å²) in [5, 5.41) is 7.53. The van der Waals surface area contributed by atoms with Gasteiger partial charge in [0.1, 0.15) is 5.70 Å². The van der Waals surface area contributed by atoms with Gasteiger partial charge in [-0.15, -0.1) is 11.3 Å². The maximum absolute atomic E-state index is 12.6. The van der Waals surface area contributed by atoms with Gasteiger partial charge in [-0.1, -0.05) is 23.8 Å². The van der Waals surface area contributed by atoms with E-state index in [1.807, 2.05) is 36.6 Å². The number of amides is 2. The molecule has 1 atom stereocenters. The van der Waals surface area contributed by atoms with E-state index < -0.39 is 0 Å². The van der Waals surface area contributed by atoms with E-state index in [0.717, 1.165) is 29.9 Å². The molecule has 6 heteroatoms. The molecule has 3 rings (SSSR count). The van der Waals surface area contributed by atoms with Gasteiger partial charge in [0.15, 0.2) is 0 Å². The van der Waals surface area contributed by atoms with Crippen molar-refractivity contribution in [2.24, 2.45) is 0 Å². The number of benzene rings is 1. The van der Waals surface area contributed by atoms with Gasteiger partial charge in [0.2, 0.25) is 0 Å². The Labute approximate surface area is 157 Å². The lowest BCUT2D eigenvalue weighted by Gasteiger charge is -2.13. The molecular formula is C20H22N2O3S. The van der Waals surface area contributed by atoms with Crippen molar-refractivity contribution >= 4 is 29.2 Å². The van der Waals surface area contributed by atoms with E-state index in [1.54, 1.807) is 18.2 Å². The summed E-state index contributed by atoms with van der Waals surface area (Å²) in [6.07, 6.45) is 3.71. The van der Waals surface area contributed by atoms with Crippen LogP contribution in [0.15, 0.2) is 47.5 Å². The normalized spacial score (nSPS) is 17.1. The molecule has 2 amide bonds. The number of thiophene rings is 1. The lowest BCUT2D eigenvalue weighted by Crippen LogP contribution is -2.38. The molecule has 1 aliphatic rings. The third-order valence-electron chi connectivity index (χ3n) is 4.15. The Hall–Kier alpha value is -2.44. The van der Waals surface area contributed by atoms with Crippen LogP contribution >= 0.6 is 11.3 Å². The number of carbonyl (C=O) groups is 2. The van der Waals surface area contributed by atoms with Crippen molar-refractivity contribution in [1.82, 2.24) is 10.6 Å². The van der Waals surface area contributed by atoms with E-state index in [-0.39, 0.29) is 23.6 Å². The van der Waals surface area contributed by atoms with Crippen molar-refractivity contribution in [2.45, 2.75) is 25.9 Å². The summed E-state index contributed by atoms with van der Waals surface area (Å²) in [5.41, 5.74) is 1.82. The predicted molar refractivity (Wildman–Crippen MR) is 103 cm³/mol. The van der Waals surface area contributed by atoms with E-state index in [0.29, 0.717) is 12.1 Å². The quantitative estimate of drug-likeness (QED) is 0.768. The Balaban J connectivity index is 1.71. The smallest absolute Gasteiger partial charge is 0.267 e. The highest BCUT2D eigenvalue weighted by atomic mass is 32.1. The van der Waals surface area contributed by atoms with E-state index >= 15 is 0 Å². The summed E-state index contributed by atoms with van der Waals surface area (Å²) < 4.78 is 5.53. The summed E-state index contributed by atoms with van der Waals surface area (Å²) in [6, 6.07) is 11.0. The average Bonchev–Trinajstić information content (AvgIpc) is 3.33. The largest absolute Gasteiger partial charge is 0.376 e. The highest BCUT2D eigenvalue weighted by molar-refractivity contribution is 7.10. The number of aryl methyl sites for hydroxylation is 1. The lowest BCUT2D eigenvalue weighted by atomic mass is 10.1. The van der Waals surface area contributed by atoms with Crippen LogP contribution in [0, 0.1) is 6.92 Å². The van der Waals surface area contributed by atoms with Crippen molar-refractivity contribution in [3.63, 3.8) is 0 Å². The van der Waals surface area contributed by atoms with Crippen LogP contribution < -0.4 is 10.6 Å². The fraction of sp³-hybridized carbons (Fsp3) is 0.300. The van der Waals surface area contributed by atoms with E-state index in [4.69, 9.17) is 4.74 Å². The molecule has 5 nitrogen and oxygen atoms in total. The molecule has 1 aromatic heterocycles. The minimum atomic E-state index is -0.311. The molecule has 136 valence electrons. The third kappa shape index (κ3) is 5.03. The average molecular weight is 370 g/mol. The molecule has 1 fully saturated rings. The zero-order valence-electron chi connectivity index (χ0n) is 14.7. The molecule has 2 aromatic rings. The first-order chi connectivity index (χ1) is 12.6. The number of hydrogen-bond acceptors (Lipinski definition) is 4. The number of ether oxygens (including phenoxy) is 1. The van der Waals surface area contributed by atoms with Gasteiger partial charge in [-0.2, -0.15) is 0 Å². The number of nitrogens with one attached hydrogen (secondary N) is 2. The molecule has 1 aromatic carbocycles. The summed E-state index contributed by atoms with van der Waals surface area (Å²) in [5.74, 6) is -0.616. The van der Waals surface area contributed by atoms with Gasteiger partial charge in [-0.3, -0.25) is 9.59 Å². The highest BCUT2D eigenvalue weighted by Gasteiger charge is 2.19. The Morgan fingerprint density at radius 3 is 2.73 bits per heavy atom. The van der Waals surface area contributed by atoms with E-state index in [1.165, 1.54) is 11.3 Å². The first-order valence-corrected chi connectivity index (χ1v) is 9.53. The van der Waals surface area contributed by atoms with Gasteiger partial charge in [0.25, 0.3) is 11.8 Å².